The highest BCUT2D eigenvalue weighted by molar-refractivity contribution is 7.88. The minimum absolute atomic E-state index is 0.0407. The Morgan fingerprint density at radius 1 is 1.17 bits per heavy atom. The molecule has 0 saturated carbocycles. The van der Waals surface area contributed by atoms with Crippen LogP contribution in [0.25, 0.3) is 0 Å². The predicted molar refractivity (Wildman–Crippen MR) is 132 cm³/mol. The number of hydrogen-bond acceptors (Lipinski definition) is 4. The summed E-state index contributed by atoms with van der Waals surface area (Å²) < 4.78 is 83.9. The quantitative estimate of drug-likeness (QED) is 0.293. The normalized spacial score (nSPS) is 18.5. The first kappa shape index (κ1) is 28.6. The summed E-state index contributed by atoms with van der Waals surface area (Å²) in [6.45, 7) is 4.77. The summed E-state index contributed by atoms with van der Waals surface area (Å²) in [5.74, 6) is -0.278. The molecular weight excluding hydrogens is 496 g/mol. The van der Waals surface area contributed by atoms with E-state index in [1.165, 1.54) is 34.8 Å². The van der Waals surface area contributed by atoms with E-state index >= 15 is 0 Å². The van der Waals surface area contributed by atoms with Gasteiger partial charge in [-0.1, -0.05) is 37.3 Å². The van der Waals surface area contributed by atoms with Crippen LogP contribution >= 0.6 is 0 Å². The molecule has 2 aromatic rings. The Kier molecular flexibility index (Phi) is 9.91. The molecule has 1 heterocycles. The molecule has 10 heteroatoms. The van der Waals surface area contributed by atoms with Crippen molar-refractivity contribution in [3.8, 4) is 0 Å². The number of benzene rings is 2. The Bertz CT molecular complexity index is 1080. The van der Waals surface area contributed by atoms with Gasteiger partial charge in [0.25, 0.3) is 0 Å². The summed E-state index contributed by atoms with van der Waals surface area (Å²) in [5.41, 5.74) is 0.834. The molecule has 1 fully saturated rings. The van der Waals surface area contributed by atoms with Crippen LogP contribution < -0.4 is 0 Å². The fourth-order valence-corrected chi connectivity index (χ4v) is 5.40. The van der Waals surface area contributed by atoms with Gasteiger partial charge in [-0.2, -0.15) is 17.5 Å². The zero-order chi connectivity index (χ0) is 26.3. The van der Waals surface area contributed by atoms with Crippen LogP contribution in [-0.4, -0.2) is 62.8 Å². The van der Waals surface area contributed by atoms with E-state index in [9.17, 15) is 26.0 Å². The fourth-order valence-electron chi connectivity index (χ4n) is 4.50. The van der Waals surface area contributed by atoms with Crippen LogP contribution in [0, 0.1) is 5.82 Å². The Labute approximate surface area is 211 Å². The average Bonchev–Trinajstić information content (AvgIpc) is 2.81. The summed E-state index contributed by atoms with van der Waals surface area (Å²) in [5, 5.41) is 0. The average molecular weight is 531 g/mol. The maximum absolute atomic E-state index is 13.3. The monoisotopic (exact) mass is 530 g/mol. The molecule has 1 aliphatic heterocycles. The minimum atomic E-state index is -4.41. The van der Waals surface area contributed by atoms with Crippen LogP contribution in [0.3, 0.4) is 0 Å². The van der Waals surface area contributed by atoms with E-state index in [1.54, 1.807) is 18.2 Å². The zero-order valence-corrected chi connectivity index (χ0v) is 21.5. The molecule has 1 saturated heterocycles. The molecule has 2 aromatic carbocycles. The highest BCUT2D eigenvalue weighted by atomic mass is 32.2. The maximum atomic E-state index is 13.3. The van der Waals surface area contributed by atoms with Crippen molar-refractivity contribution >= 4 is 10.0 Å². The topological polar surface area (TPSA) is 49.9 Å². The first-order chi connectivity index (χ1) is 16.9. The summed E-state index contributed by atoms with van der Waals surface area (Å²) in [6.07, 6.45) is -1.19. The first-order valence-electron chi connectivity index (χ1n) is 12.1. The largest absolute Gasteiger partial charge is 0.416 e. The van der Waals surface area contributed by atoms with Gasteiger partial charge >= 0.3 is 6.18 Å². The maximum Gasteiger partial charge on any atom is 0.416 e. The summed E-state index contributed by atoms with van der Waals surface area (Å²) in [4.78, 5) is 2.08. The van der Waals surface area contributed by atoms with E-state index in [0.717, 1.165) is 24.5 Å². The van der Waals surface area contributed by atoms with Crippen LogP contribution in [-0.2, 0) is 27.5 Å². The van der Waals surface area contributed by atoms with E-state index in [-0.39, 0.29) is 17.8 Å². The smallest absolute Gasteiger partial charge is 0.377 e. The third-order valence-corrected chi connectivity index (χ3v) is 7.68. The van der Waals surface area contributed by atoms with E-state index in [2.05, 4.69) is 4.90 Å². The van der Waals surface area contributed by atoms with Crippen molar-refractivity contribution in [2.75, 3.05) is 39.0 Å². The highest BCUT2D eigenvalue weighted by Crippen LogP contribution is 2.30. The van der Waals surface area contributed by atoms with Gasteiger partial charge in [-0.15, -0.1) is 0 Å². The van der Waals surface area contributed by atoms with E-state index in [1.807, 2.05) is 6.92 Å². The van der Waals surface area contributed by atoms with Crippen LogP contribution in [0.15, 0.2) is 48.5 Å². The van der Waals surface area contributed by atoms with Gasteiger partial charge in [0.1, 0.15) is 5.82 Å². The van der Waals surface area contributed by atoms with Crippen LogP contribution in [0.2, 0.25) is 0 Å². The Morgan fingerprint density at radius 3 is 2.56 bits per heavy atom. The van der Waals surface area contributed by atoms with Crippen molar-refractivity contribution < 1.29 is 30.7 Å². The van der Waals surface area contributed by atoms with Gasteiger partial charge in [-0.25, -0.2) is 12.8 Å². The van der Waals surface area contributed by atoms with Gasteiger partial charge in [0.15, 0.2) is 0 Å². The Morgan fingerprint density at radius 2 is 1.89 bits per heavy atom. The number of sulfonamides is 1. The number of alkyl halides is 3. The molecule has 0 bridgehead atoms. The zero-order valence-electron chi connectivity index (χ0n) is 20.7. The molecule has 1 aliphatic rings. The SMILES string of the molecule is CC(CN(CCCOC1CCCN(S(C)(=O)=O)C1)Cc1cccc(C(F)(F)F)c1)c1ccc(F)cc1. The third kappa shape index (κ3) is 8.83. The molecule has 3 rings (SSSR count). The van der Waals surface area contributed by atoms with Crippen LogP contribution in [0.1, 0.15) is 48.8 Å². The Hall–Kier alpha value is -2.01. The number of rotatable bonds is 11. The summed E-state index contributed by atoms with van der Waals surface area (Å²) in [7, 11) is -3.25. The van der Waals surface area contributed by atoms with E-state index in [4.69, 9.17) is 4.74 Å². The standard InChI is InChI=1S/C26H34F4N2O3S/c1-20(22-9-11-24(27)12-10-22)17-31(18-21-6-3-7-23(16-21)26(28,29)30)13-5-15-35-25-8-4-14-32(19-25)36(2,33)34/h3,6-7,9-12,16,20,25H,4-5,8,13-15,17-19H2,1-2H3. The number of hydrogen-bond donors (Lipinski definition) is 0. The summed E-state index contributed by atoms with van der Waals surface area (Å²) >= 11 is 0. The lowest BCUT2D eigenvalue weighted by Crippen LogP contribution is -2.42. The highest BCUT2D eigenvalue weighted by Gasteiger charge is 2.30. The molecular formula is C26H34F4N2O3S. The minimum Gasteiger partial charge on any atom is -0.377 e. The molecule has 200 valence electrons. The second kappa shape index (κ2) is 12.5. The van der Waals surface area contributed by atoms with Gasteiger partial charge in [0.05, 0.1) is 17.9 Å². The third-order valence-electron chi connectivity index (χ3n) is 6.41. The van der Waals surface area contributed by atoms with E-state index in [0.29, 0.717) is 51.3 Å². The molecule has 0 amide bonds. The molecule has 2 atom stereocenters. The fraction of sp³-hybridized carbons (Fsp3) is 0.538. The molecule has 0 spiro atoms. The molecule has 0 radical (unpaired) electrons. The van der Waals surface area contributed by atoms with Crippen molar-refractivity contribution in [2.45, 2.75) is 50.9 Å². The van der Waals surface area contributed by atoms with Crippen molar-refractivity contribution in [3.05, 3.63) is 71.0 Å². The first-order valence-corrected chi connectivity index (χ1v) is 14.0. The molecule has 0 N–H and O–H groups in total. The van der Waals surface area contributed by atoms with E-state index < -0.39 is 21.8 Å². The summed E-state index contributed by atoms with van der Waals surface area (Å²) in [6, 6.07) is 11.6. The molecule has 0 aliphatic carbocycles. The van der Waals surface area contributed by atoms with Crippen molar-refractivity contribution in [3.63, 3.8) is 0 Å². The molecule has 2 unspecified atom stereocenters. The molecule has 0 aromatic heterocycles. The lowest BCUT2D eigenvalue weighted by Gasteiger charge is -2.31. The molecule has 36 heavy (non-hydrogen) atoms. The lowest BCUT2D eigenvalue weighted by atomic mass is 10.00. The van der Waals surface area contributed by atoms with Gasteiger partial charge < -0.3 is 4.74 Å². The van der Waals surface area contributed by atoms with Crippen molar-refractivity contribution in [1.82, 2.24) is 9.21 Å². The van der Waals surface area contributed by atoms with Gasteiger partial charge in [-0.05, 0) is 54.5 Å². The number of nitrogens with zero attached hydrogens (tertiary/aromatic N) is 2. The van der Waals surface area contributed by atoms with Crippen LogP contribution in [0.5, 0.6) is 0 Å². The number of ether oxygens (including phenoxy) is 1. The lowest BCUT2D eigenvalue weighted by molar-refractivity contribution is -0.137. The second-order valence-corrected chi connectivity index (χ2v) is 11.5. The van der Waals surface area contributed by atoms with Crippen molar-refractivity contribution in [2.24, 2.45) is 0 Å². The molecule has 5 nitrogen and oxygen atoms in total. The predicted octanol–water partition coefficient (Wildman–Crippen LogP) is 5.28. The van der Waals surface area contributed by atoms with Gasteiger partial charge in [0, 0.05) is 39.3 Å². The van der Waals surface area contributed by atoms with Crippen LogP contribution in [0.4, 0.5) is 17.6 Å². The van der Waals surface area contributed by atoms with Gasteiger partial charge in [-0.3, -0.25) is 4.90 Å². The van der Waals surface area contributed by atoms with Gasteiger partial charge in [0.2, 0.25) is 10.0 Å². The van der Waals surface area contributed by atoms with Crippen molar-refractivity contribution in [1.29, 1.82) is 0 Å². The second-order valence-electron chi connectivity index (χ2n) is 9.50. The number of halogens is 4. The number of piperidine rings is 1. The Balaban J connectivity index is 1.61.